The lowest BCUT2D eigenvalue weighted by atomic mass is 10.1. The molecule has 3 aromatic rings. The SMILES string of the molecule is COCc1ncc(CN(C)Cc2cccc3ncccc23)cn1. The van der Waals surface area contributed by atoms with Crippen molar-refractivity contribution in [3.63, 3.8) is 0 Å². The molecule has 5 nitrogen and oxygen atoms in total. The molecular weight excluding hydrogens is 288 g/mol. The third-order valence-electron chi connectivity index (χ3n) is 3.66. The Balaban J connectivity index is 1.70. The van der Waals surface area contributed by atoms with Gasteiger partial charge in [-0.15, -0.1) is 0 Å². The molecule has 0 N–H and O–H groups in total. The van der Waals surface area contributed by atoms with E-state index < -0.39 is 0 Å². The Bertz CT molecular complexity index is 768. The summed E-state index contributed by atoms with van der Waals surface area (Å²) < 4.78 is 5.03. The lowest BCUT2D eigenvalue weighted by Crippen LogP contribution is -2.18. The van der Waals surface area contributed by atoms with Crippen LogP contribution in [0.25, 0.3) is 10.9 Å². The van der Waals surface area contributed by atoms with Gasteiger partial charge in [-0.3, -0.25) is 9.88 Å². The average molecular weight is 308 g/mol. The summed E-state index contributed by atoms with van der Waals surface area (Å²) in [7, 11) is 3.74. The molecule has 0 amide bonds. The van der Waals surface area contributed by atoms with Crippen LogP contribution in [0.2, 0.25) is 0 Å². The predicted molar refractivity (Wildman–Crippen MR) is 89.7 cm³/mol. The molecule has 0 aliphatic carbocycles. The lowest BCUT2D eigenvalue weighted by molar-refractivity contribution is 0.177. The number of hydrogen-bond donors (Lipinski definition) is 0. The first-order chi connectivity index (χ1) is 11.3. The summed E-state index contributed by atoms with van der Waals surface area (Å²) in [5, 5.41) is 1.20. The summed E-state index contributed by atoms with van der Waals surface area (Å²) >= 11 is 0. The Kier molecular flexibility index (Phi) is 4.90. The van der Waals surface area contributed by atoms with Gasteiger partial charge < -0.3 is 4.74 Å². The van der Waals surface area contributed by atoms with Crippen molar-refractivity contribution in [3.8, 4) is 0 Å². The van der Waals surface area contributed by atoms with Crippen molar-refractivity contribution in [2.45, 2.75) is 19.7 Å². The maximum atomic E-state index is 5.03. The highest BCUT2D eigenvalue weighted by Crippen LogP contribution is 2.18. The summed E-state index contributed by atoms with van der Waals surface area (Å²) in [6.45, 7) is 2.09. The van der Waals surface area contributed by atoms with Gasteiger partial charge in [-0.2, -0.15) is 0 Å². The molecule has 2 heterocycles. The van der Waals surface area contributed by atoms with E-state index in [9.17, 15) is 0 Å². The van der Waals surface area contributed by atoms with E-state index in [4.69, 9.17) is 4.74 Å². The van der Waals surface area contributed by atoms with Gasteiger partial charge in [0.15, 0.2) is 5.82 Å². The summed E-state index contributed by atoms with van der Waals surface area (Å²) in [6.07, 6.45) is 5.56. The molecule has 0 spiro atoms. The van der Waals surface area contributed by atoms with E-state index in [0.29, 0.717) is 12.4 Å². The minimum Gasteiger partial charge on any atom is -0.377 e. The third kappa shape index (κ3) is 3.88. The molecule has 1 aromatic carbocycles. The zero-order valence-corrected chi connectivity index (χ0v) is 13.4. The zero-order chi connectivity index (χ0) is 16.1. The Morgan fingerprint density at radius 3 is 2.61 bits per heavy atom. The summed E-state index contributed by atoms with van der Waals surface area (Å²) in [4.78, 5) is 15.3. The van der Waals surface area contributed by atoms with E-state index in [1.165, 1.54) is 10.9 Å². The second-order valence-electron chi connectivity index (χ2n) is 5.60. The number of fused-ring (bicyclic) bond motifs is 1. The molecule has 0 atom stereocenters. The van der Waals surface area contributed by atoms with Crippen LogP contribution in [0, 0.1) is 0 Å². The fourth-order valence-corrected chi connectivity index (χ4v) is 2.63. The predicted octanol–water partition coefficient (Wildman–Crippen LogP) is 2.80. The van der Waals surface area contributed by atoms with Crippen molar-refractivity contribution in [1.82, 2.24) is 19.9 Å². The first kappa shape index (κ1) is 15.5. The van der Waals surface area contributed by atoms with Gasteiger partial charge >= 0.3 is 0 Å². The normalized spacial score (nSPS) is 11.3. The molecule has 0 aliphatic heterocycles. The molecule has 0 bridgehead atoms. The van der Waals surface area contributed by atoms with E-state index >= 15 is 0 Å². The Hall–Kier alpha value is -2.37. The first-order valence-electron chi connectivity index (χ1n) is 7.56. The summed E-state index contributed by atoms with van der Waals surface area (Å²) in [5.41, 5.74) is 3.39. The van der Waals surface area contributed by atoms with E-state index in [-0.39, 0.29) is 0 Å². The molecule has 2 aromatic heterocycles. The van der Waals surface area contributed by atoms with Crippen LogP contribution in [0.4, 0.5) is 0 Å². The van der Waals surface area contributed by atoms with Crippen molar-refractivity contribution in [2.75, 3.05) is 14.2 Å². The molecule has 0 unspecified atom stereocenters. The van der Waals surface area contributed by atoms with Crippen LogP contribution in [0.15, 0.2) is 48.9 Å². The fraction of sp³-hybridized carbons (Fsp3) is 0.278. The lowest BCUT2D eigenvalue weighted by Gasteiger charge is -2.17. The van der Waals surface area contributed by atoms with E-state index in [0.717, 1.165) is 24.2 Å². The van der Waals surface area contributed by atoms with Crippen LogP contribution in [0.5, 0.6) is 0 Å². The molecule has 0 fully saturated rings. The van der Waals surface area contributed by atoms with Crippen molar-refractivity contribution >= 4 is 10.9 Å². The third-order valence-corrected chi connectivity index (χ3v) is 3.66. The quantitative estimate of drug-likeness (QED) is 0.701. The average Bonchev–Trinajstić information content (AvgIpc) is 2.57. The maximum Gasteiger partial charge on any atom is 0.153 e. The number of benzene rings is 1. The number of nitrogens with zero attached hydrogens (tertiary/aromatic N) is 4. The fourth-order valence-electron chi connectivity index (χ4n) is 2.63. The van der Waals surface area contributed by atoms with Crippen molar-refractivity contribution in [2.24, 2.45) is 0 Å². The van der Waals surface area contributed by atoms with Crippen LogP contribution < -0.4 is 0 Å². The van der Waals surface area contributed by atoms with Crippen LogP contribution in [-0.4, -0.2) is 34.0 Å². The second kappa shape index (κ2) is 7.26. The van der Waals surface area contributed by atoms with Crippen LogP contribution in [0.3, 0.4) is 0 Å². The summed E-state index contributed by atoms with van der Waals surface area (Å²) in [5.74, 6) is 0.707. The van der Waals surface area contributed by atoms with Crippen LogP contribution in [-0.2, 0) is 24.4 Å². The number of ether oxygens (including phenoxy) is 1. The van der Waals surface area contributed by atoms with Gasteiger partial charge in [-0.05, 0) is 24.7 Å². The monoisotopic (exact) mass is 308 g/mol. The van der Waals surface area contributed by atoms with Crippen molar-refractivity contribution < 1.29 is 4.74 Å². The second-order valence-corrected chi connectivity index (χ2v) is 5.60. The van der Waals surface area contributed by atoms with Gasteiger partial charge in [0, 0.05) is 49.7 Å². The Labute approximate surface area is 136 Å². The van der Waals surface area contributed by atoms with Gasteiger partial charge in [-0.1, -0.05) is 18.2 Å². The molecule has 0 saturated carbocycles. The zero-order valence-electron chi connectivity index (χ0n) is 13.4. The number of hydrogen-bond acceptors (Lipinski definition) is 5. The standard InChI is InChI=1S/C18H20N4O/c1-22(11-14-9-20-18(13-23-2)21-10-14)12-15-5-3-7-17-16(15)6-4-8-19-17/h3-10H,11-13H2,1-2H3. The number of methoxy groups -OCH3 is 1. The van der Waals surface area contributed by atoms with Gasteiger partial charge in [0.05, 0.1) is 5.52 Å². The number of pyridine rings is 1. The highest BCUT2D eigenvalue weighted by atomic mass is 16.5. The molecule has 23 heavy (non-hydrogen) atoms. The number of rotatable bonds is 6. The molecule has 0 aliphatic rings. The summed E-state index contributed by atoms with van der Waals surface area (Å²) in [6, 6.07) is 10.4. The van der Waals surface area contributed by atoms with Crippen LogP contribution in [0.1, 0.15) is 17.0 Å². The molecule has 5 heteroatoms. The van der Waals surface area contributed by atoms with Gasteiger partial charge in [0.25, 0.3) is 0 Å². The Morgan fingerprint density at radius 1 is 1.00 bits per heavy atom. The Morgan fingerprint density at radius 2 is 1.83 bits per heavy atom. The molecule has 0 radical (unpaired) electrons. The van der Waals surface area contributed by atoms with Gasteiger partial charge in [-0.25, -0.2) is 9.97 Å². The van der Waals surface area contributed by atoms with E-state index in [1.54, 1.807) is 7.11 Å². The maximum absolute atomic E-state index is 5.03. The molecule has 0 saturated heterocycles. The first-order valence-corrected chi connectivity index (χ1v) is 7.56. The van der Waals surface area contributed by atoms with Crippen LogP contribution >= 0.6 is 0 Å². The van der Waals surface area contributed by atoms with Gasteiger partial charge in [0.2, 0.25) is 0 Å². The van der Waals surface area contributed by atoms with E-state index in [2.05, 4.69) is 45.1 Å². The largest absolute Gasteiger partial charge is 0.377 e. The molecule has 3 rings (SSSR count). The highest BCUT2D eigenvalue weighted by Gasteiger charge is 2.06. The minimum atomic E-state index is 0.444. The van der Waals surface area contributed by atoms with Crippen molar-refractivity contribution in [3.05, 3.63) is 65.9 Å². The minimum absolute atomic E-state index is 0.444. The van der Waals surface area contributed by atoms with E-state index in [1.807, 2.05) is 30.7 Å². The van der Waals surface area contributed by atoms with Gasteiger partial charge in [0.1, 0.15) is 6.61 Å². The smallest absolute Gasteiger partial charge is 0.153 e. The molecular formula is C18H20N4O. The van der Waals surface area contributed by atoms with Crippen molar-refractivity contribution in [1.29, 1.82) is 0 Å². The highest BCUT2D eigenvalue weighted by molar-refractivity contribution is 5.81. The topological polar surface area (TPSA) is 51.1 Å². The molecule has 118 valence electrons. The number of aromatic nitrogens is 3.